The van der Waals surface area contributed by atoms with Crippen LogP contribution >= 0.6 is 0 Å². The molecular formula is C20H34N6O. The first-order chi connectivity index (χ1) is 13.2. The van der Waals surface area contributed by atoms with Gasteiger partial charge in [-0.15, -0.1) is 0 Å². The molecule has 2 aliphatic rings. The van der Waals surface area contributed by atoms with E-state index in [2.05, 4.69) is 58.2 Å². The topological polar surface area (TPSA) is 56.2 Å². The van der Waals surface area contributed by atoms with Crippen molar-refractivity contribution in [1.29, 1.82) is 0 Å². The number of aliphatic imine (C=N–C) groups is 1. The van der Waals surface area contributed by atoms with Gasteiger partial charge in [0.05, 0.1) is 13.2 Å². The minimum atomic E-state index is 0.601. The van der Waals surface area contributed by atoms with E-state index in [4.69, 9.17) is 9.73 Å². The lowest BCUT2D eigenvalue weighted by molar-refractivity contribution is 0.181. The quantitative estimate of drug-likeness (QED) is 0.598. The minimum absolute atomic E-state index is 0.601. The molecule has 0 radical (unpaired) electrons. The molecule has 0 saturated carbocycles. The number of ether oxygens (including phenoxy) is 1. The molecule has 7 nitrogen and oxygen atoms in total. The van der Waals surface area contributed by atoms with E-state index >= 15 is 0 Å². The molecule has 3 heterocycles. The second kappa shape index (κ2) is 9.90. The predicted molar refractivity (Wildman–Crippen MR) is 110 cm³/mol. The van der Waals surface area contributed by atoms with E-state index in [1.807, 2.05) is 6.20 Å². The number of guanidine groups is 1. The normalized spacial score (nSPS) is 21.5. The Labute approximate surface area is 163 Å². The Bertz CT molecular complexity index is 608. The summed E-state index contributed by atoms with van der Waals surface area (Å²) in [6.07, 6.45) is 3.05. The highest BCUT2D eigenvalue weighted by molar-refractivity contribution is 5.79. The molecule has 2 fully saturated rings. The highest BCUT2D eigenvalue weighted by Crippen LogP contribution is 2.16. The number of likely N-dealkylation sites (N-methyl/N-ethyl adjacent to an activating group) is 1. The highest BCUT2D eigenvalue weighted by atomic mass is 16.5. The molecule has 0 aliphatic carbocycles. The van der Waals surface area contributed by atoms with Gasteiger partial charge in [-0.2, -0.15) is 0 Å². The van der Waals surface area contributed by atoms with E-state index in [9.17, 15) is 0 Å². The third-order valence-corrected chi connectivity index (χ3v) is 5.30. The molecule has 7 heteroatoms. The Kier molecular flexibility index (Phi) is 7.29. The fraction of sp³-hybridized carbons (Fsp3) is 0.700. The standard InChI is InChI=1S/C20H34N6O/c1-4-21-20(25(3)15-18-6-12-27-16-18)23-14-17-5-7-22-19(13-17)26-10-8-24(2)9-11-26/h5,7,13,18H,4,6,8-12,14-16H2,1-3H3,(H,21,23). The summed E-state index contributed by atoms with van der Waals surface area (Å²) in [5, 5.41) is 3.41. The van der Waals surface area contributed by atoms with Gasteiger partial charge in [-0.25, -0.2) is 9.98 Å². The number of hydrogen-bond acceptors (Lipinski definition) is 5. The van der Waals surface area contributed by atoms with Crippen LogP contribution in [-0.2, 0) is 11.3 Å². The average Bonchev–Trinajstić information content (AvgIpc) is 3.19. The number of hydrogen-bond donors (Lipinski definition) is 1. The van der Waals surface area contributed by atoms with Gasteiger partial charge < -0.3 is 24.8 Å². The van der Waals surface area contributed by atoms with Gasteiger partial charge in [0.1, 0.15) is 5.82 Å². The molecule has 3 rings (SSSR count). The lowest BCUT2D eigenvalue weighted by Crippen LogP contribution is -2.44. The van der Waals surface area contributed by atoms with Crippen LogP contribution in [0.1, 0.15) is 18.9 Å². The maximum absolute atomic E-state index is 5.50. The molecule has 27 heavy (non-hydrogen) atoms. The van der Waals surface area contributed by atoms with E-state index in [0.29, 0.717) is 12.5 Å². The van der Waals surface area contributed by atoms with Crippen LogP contribution in [0.3, 0.4) is 0 Å². The molecule has 2 aliphatic heterocycles. The Balaban J connectivity index is 1.62. The number of nitrogens with one attached hydrogen (secondary N) is 1. The Morgan fingerprint density at radius 3 is 2.89 bits per heavy atom. The molecule has 0 amide bonds. The van der Waals surface area contributed by atoms with E-state index in [-0.39, 0.29) is 0 Å². The number of anilines is 1. The first kappa shape index (κ1) is 19.9. The molecule has 1 atom stereocenters. The van der Waals surface area contributed by atoms with Crippen LogP contribution in [0.5, 0.6) is 0 Å². The molecule has 0 spiro atoms. The van der Waals surface area contributed by atoms with Crippen molar-refractivity contribution in [3.63, 3.8) is 0 Å². The van der Waals surface area contributed by atoms with Crippen molar-refractivity contribution in [2.45, 2.75) is 19.9 Å². The fourth-order valence-electron chi connectivity index (χ4n) is 3.60. The molecule has 0 bridgehead atoms. The van der Waals surface area contributed by atoms with Gasteiger partial charge in [-0.05, 0) is 38.1 Å². The Morgan fingerprint density at radius 1 is 1.37 bits per heavy atom. The van der Waals surface area contributed by atoms with Crippen molar-refractivity contribution in [3.05, 3.63) is 23.9 Å². The van der Waals surface area contributed by atoms with Crippen molar-refractivity contribution in [1.82, 2.24) is 20.1 Å². The summed E-state index contributed by atoms with van der Waals surface area (Å²) >= 11 is 0. The van der Waals surface area contributed by atoms with E-state index in [1.165, 1.54) is 5.56 Å². The largest absolute Gasteiger partial charge is 0.381 e. The maximum Gasteiger partial charge on any atom is 0.193 e. The van der Waals surface area contributed by atoms with E-state index < -0.39 is 0 Å². The zero-order chi connectivity index (χ0) is 19.1. The van der Waals surface area contributed by atoms with Crippen LogP contribution in [0.25, 0.3) is 0 Å². The van der Waals surface area contributed by atoms with Crippen molar-refractivity contribution in [3.8, 4) is 0 Å². The summed E-state index contributed by atoms with van der Waals surface area (Å²) in [6.45, 7) is 10.6. The Morgan fingerprint density at radius 2 is 2.19 bits per heavy atom. The van der Waals surface area contributed by atoms with Crippen molar-refractivity contribution in [2.75, 3.05) is 71.5 Å². The molecule has 1 aromatic heterocycles. The van der Waals surface area contributed by atoms with Crippen LogP contribution in [0.2, 0.25) is 0 Å². The zero-order valence-corrected chi connectivity index (χ0v) is 17.0. The average molecular weight is 375 g/mol. The minimum Gasteiger partial charge on any atom is -0.381 e. The number of nitrogens with zero attached hydrogens (tertiary/aromatic N) is 5. The third kappa shape index (κ3) is 5.81. The van der Waals surface area contributed by atoms with Gasteiger partial charge >= 0.3 is 0 Å². The van der Waals surface area contributed by atoms with Crippen molar-refractivity contribution < 1.29 is 4.74 Å². The summed E-state index contributed by atoms with van der Waals surface area (Å²) in [4.78, 5) is 16.4. The third-order valence-electron chi connectivity index (χ3n) is 5.30. The predicted octanol–water partition coefficient (Wildman–Crippen LogP) is 1.27. The summed E-state index contributed by atoms with van der Waals surface area (Å²) in [6, 6.07) is 4.25. The van der Waals surface area contributed by atoms with Gasteiger partial charge in [-0.3, -0.25) is 0 Å². The second-order valence-corrected chi connectivity index (χ2v) is 7.59. The maximum atomic E-state index is 5.50. The first-order valence-electron chi connectivity index (χ1n) is 10.1. The van der Waals surface area contributed by atoms with Gasteiger partial charge in [0.25, 0.3) is 0 Å². The van der Waals surface area contributed by atoms with Crippen LogP contribution in [-0.4, -0.2) is 87.3 Å². The van der Waals surface area contributed by atoms with Crippen molar-refractivity contribution >= 4 is 11.8 Å². The molecule has 1 unspecified atom stereocenters. The van der Waals surface area contributed by atoms with Crippen LogP contribution in [0, 0.1) is 5.92 Å². The second-order valence-electron chi connectivity index (χ2n) is 7.59. The summed E-state index contributed by atoms with van der Waals surface area (Å²) in [7, 11) is 4.29. The van der Waals surface area contributed by atoms with Gasteiger partial charge in [-0.1, -0.05) is 0 Å². The molecule has 1 N–H and O–H groups in total. The number of rotatable bonds is 6. The smallest absolute Gasteiger partial charge is 0.193 e. The number of aromatic nitrogens is 1. The fourth-order valence-corrected chi connectivity index (χ4v) is 3.60. The molecule has 2 saturated heterocycles. The summed E-state index contributed by atoms with van der Waals surface area (Å²) < 4.78 is 5.50. The Hall–Kier alpha value is -1.86. The van der Waals surface area contributed by atoms with E-state index in [1.54, 1.807) is 0 Å². The molecule has 0 aromatic carbocycles. The lowest BCUT2D eigenvalue weighted by atomic mass is 10.1. The number of piperazine rings is 1. The van der Waals surface area contributed by atoms with Gasteiger partial charge in [0.2, 0.25) is 0 Å². The molecular weight excluding hydrogens is 340 g/mol. The monoisotopic (exact) mass is 374 g/mol. The van der Waals surface area contributed by atoms with Gasteiger partial charge in [0.15, 0.2) is 5.96 Å². The SMILES string of the molecule is CCNC(=NCc1ccnc(N2CCN(C)CC2)c1)N(C)CC1CCOC1. The van der Waals surface area contributed by atoms with Gasteiger partial charge in [0, 0.05) is 65.0 Å². The van der Waals surface area contributed by atoms with E-state index in [0.717, 1.165) is 70.7 Å². The summed E-state index contributed by atoms with van der Waals surface area (Å²) in [5.74, 6) is 2.63. The van der Waals surface area contributed by atoms with Crippen LogP contribution in [0.4, 0.5) is 5.82 Å². The zero-order valence-electron chi connectivity index (χ0n) is 17.0. The number of pyridine rings is 1. The highest BCUT2D eigenvalue weighted by Gasteiger charge is 2.19. The van der Waals surface area contributed by atoms with Crippen LogP contribution < -0.4 is 10.2 Å². The van der Waals surface area contributed by atoms with Crippen LogP contribution in [0.15, 0.2) is 23.3 Å². The first-order valence-corrected chi connectivity index (χ1v) is 10.1. The lowest BCUT2D eigenvalue weighted by Gasteiger charge is -2.33. The molecule has 150 valence electrons. The summed E-state index contributed by atoms with van der Waals surface area (Å²) in [5.41, 5.74) is 1.20. The molecule has 1 aromatic rings. The van der Waals surface area contributed by atoms with Crippen molar-refractivity contribution in [2.24, 2.45) is 10.9 Å².